The predicted octanol–water partition coefficient (Wildman–Crippen LogP) is 4.39. The summed E-state index contributed by atoms with van der Waals surface area (Å²) in [7, 11) is 1.60. The summed E-state index contributed by atoms with van der Waals surface area (Å²) in [6.45, 7) is 5.84. The molecule has 2 fully saturated rings. The van der Waals surface area contributed by atoms with Crippen molar-refractivity contribution in [3.8, 4) is 16.9 Å². The fourth-order valence-electron chi connectivity index (χ4n) is 4.56. The highest BCUT2D eigenvalue weighted by molar-refractivity contribution is 6.29. The number of rotatable bonds is 8. The molecule has 1 amide bonds. The van der Waals surface area contributed by atoms with Gasteiger partial charge in [-0.25, -0.2) is 0 Å². The summed E-state index contributed by atoms with van der Waals surface area (Å²) in [4.78, 5) is 15.5. The smallest absolute Gasteiger partial charge is 0.246 e. The van der Waals surface area contributed by atoms with Crippen LogP contribution in [0.25, 0.3) is 11.1 Å². The van der Waals surface area contributed by atoms with Crippen LogP contribution < -0.4 is 15.8 Å². The maximum Gasteiger partial charge on any atom is 0.246 e. The molecule has 1 spiro atoms. The van der Waals surface area contributed by atoms with Crippen molar-refractivity contribution < 1.29 is 14.3 Å². The summed E-state index contributed by atoms with van der Waals surface area (Å²) in [5, 5.41) is 7.97. The number of aromatic nitrogens is 2. The van der Waals surface area contributed by atoms with Gasteiger partial charge in [-0.2, -0.15) is 5.10 Å². The molecule has 9 heteroatoms. The van der Waals surface area contributed by atoms with Crippen molar-refractivity contribution in [2.75, 3.05) is 19.0 Å². The maximum atomic E-state index is 11.8. The SMILES string of the molecule is C=N/C(Cl)=C\C(Nc1cccc(-c2cnn([C@@H]3CC[C@]34CCCO4)c2)c1OC)=C(/C)C(N)=O. The van der Waals surface area contributed by atoms with Crippen LogP contribution in [0.2, 0.25) is 0 Å². The number of nitrogens with two attached hydrogens (primary N) is 1. The van der Waals surface area contributed by atoms with E-state index in [-0.39, 0.29) is 16.8 Å². The van der Waals surface area contributed by atoms with E-state index >= 15 is 0 Å². The number of methoxy groups -OCH3 is 1. The number of hydrogen-bond acceptors (Lipinski definition) is 6. The van der Waals surface area contributed by atoms with Gasteiger partial charge in [0.25, 0.3) is 0 Å². The number of nitrogens with one attached hydrogen (secondary N) is 1. The van der Waals surface area contributed by atoms with Crippen LogP contribution in [0, 0.1) is 0 Å². The Balaban J connectivity index is 1.67. The summed E-state index contributed by atoms with van der Waals surface area (Å²) >= 11 is 6.03. The van der Waals surface area contributed by atoms with Gasteiger partial charge in [0.2, 0.25) is 5.91 Å². The molecular formula is C24H28ClN5O3. The lowest BCUT2D eigenvalue weighted by Gasteiger charge is -2.45. The third kappa shape index (κ3) is 4.41. The van der Waals surface area contributed by atoms with Crippen molar-refractivity contribution in [3.63, 3.8) is 0 Å². The number of anilines is 1. The topological polar surface area (TPSA) is 104 Å². The zero-order valence-corrected chi connectivity index (χ0v) is 19.6. The minimum atomic E-state index is -0.581. The minimum absolute atomic E-state index is 0.0619. The fourth-order valence-corrected chi connectivity index (χ4v) is 4.67. The van der Waals surface area contributed by atoms with E-state index in [9.17, 15) is 4.79 Å². The molecule has 1 aliphatic heterocycles. The normalized spacial score (nSPS) is 23.1. The van der Waals surface area contributed by atoms with Crippen molar-refractivity contribution in [2.45, 2.75) is 44.2 Å². The van der Waals surface area contributed by atoms with Gasteiger partial charge in [-0.05, 0) is 51.5 Å². The van der Waals surface area contributed by atoms with Crippen molar-refractivity contribution in [1.29, 1.82) is 0 Å². The average molecular weight is 470 g/mol. The molecule has 3 N–H and O–H groups in total. The highest BCUT2D eigenvalue weighted by Gasteiger charge is 2.51. The number of ether oxygens (including phenoxy) is 2. The van der Waals surface area contributed by atoms with Crippen LogP contribution in [0.1, 0.15) is 38.6 Å². The Morgan fingerprint density at radius 2 is 2.30 bits per heavy atom. The largest absolute Gasteiger partial charge is 0.494 e. The van der Waals surface area contributed by atoms with Crippen molar-refractivity contribution >= 4 is 29.9 Å². The van der Waals surface area contributed by atoms with E-state index in [4.69, 9.17) is 26.8 Å². The lowest BCUT2D eigenvalue weighted by atomic mass is 9.73. The molecule has 33 heavy (non-hydrogen) atoms. The van der Waals surface area contributed by atoms with Crippen molar-refractivity contribution in [2.24, 2.45) is 10.7 Å². The number of aliphatic imine (C=N–C) groups is 1. The molecule has 2 heterocycles. The second-order valence-electron chi connectivity index (χ2n) is 8.32. The van der Waals surface area contributed by atoms with Crippen LogP contribution >= 0.6 is 11.6 Å². The molecule has 4 rings (SSSR count). The van der Waals surface area contributed by atoms with E-state index in [2.05, 4.69) is 22.1 Å². The molecule has 1 aliphatic carbocycles. The van der Waals surface area contributed by atoms with Crippen LogP contribution in [0.3, 0.4) is 0 Å². The van der Waals surface area contributed by atoms with E-state index in [0.717, 1.165) is 43.4 Å². The quantitative estimate of drug-likeness (QED) is 0.258. The Hall–Kier alpha value is -3.10. The summed E-state index contributed by atoms with van der Waals surface area (Å²) in [6, 6.07) is 5.97. The number of primary amides is 1. The van der Waals surface area contributed by atoms with Gasteiger partial charge in [-0.15, -0.1) is 0 Å². The maximum absolute atomic E-state index is 11.8. The Labute approximate surface area is 198 Å². The lowest BCUT2D eigenvalue weighted by Crippen LogP contribution is -2.47. The van der Waals surface area contributed by atoms with Gasteiger partial charge < -0.3 is 20.5 Å². The summed E-state index contributed by atoms with van der Waals surface area (Å²) in [5.74, 6) is 0.0191. The van der Waals surface area contributed by atoms with Gasteiger partial charge in [0.1, 0.15) is 10.9 Å². The third-order valence-electron chi connectivity index (χ3n) is 6.49. The Morgan fingerprint density at radius 1 is 1.48 bits per heavy atom. The first-order valence-corrected chi connectivity index (χ1v) is 11.2. The zero-order chi connectivity index (χ0) is 23.6. The van der Waals surface area contributed by atoms with E-state index in [1.54, 1.807) is 14.0 Å². The molecule has 1 saturated heterocycles. The van der Waals surface area contributed by atoms with Crippen molar-refractivity contribution in [1.82, 2.24) is 9.78 Å². The van der Waals surface area contributed by atoms with Crippen LogP contribution in [0.15, 0.2) is 58.1 Å². The van der Waals surface area contributed by atoms with Gasteiger partial charge >= 0.3 is 0 Å². The van der Waals surface area contributed by atoms with Gasteiger partial charge in [0.15, 0.2) is 0 Å². The van der Waals surface area contributed by atoms with Crippen molar-refractivity contribution in [3.05, 3.63) is 53.1 Å². The zero-order valence-electron chi connectivity index (χ0n) is 18.8. The van der Waals surface area contributed by atoms with Gasteiger partial charge in [0.05, 0.1) is 36.3 Å². The second-order valence-corrected chi connectivity index (χ2v) is 8.71. The number of hydrogen-bond donors (Lipinski definition) is 2. The first kappa shape index (κ1) is 23.1. The van der Waals surface area contributed by atoms with Crippen LogP contribution in [-0.4, -0.2) is 41.7 Å². The monoisotopic (exact) mass is 469 g/mol. The number of nitrogens with zero attached hydrogens (tertiary/aromatic N) is 3. The second kappa shape index (κ2) is 9.41. The van der Waals surface area contributed by atoms with Gasteiger partial charge in [-0.3, -0.25) is 14.5 Å². The Kier molecular flexibility index (Phi) is 6.58. The molecule has 0 bridgehead atoms. The van der Waals surface area contributed by atoms with E-state index in [1.807, 2.05) is 35.3 Å². The van der Waals surface area contributed by atoms with E-state index in [0.29, 0.717) is 22.7 Å². The number of para-hydroxylation sites is 1. The number of carbonyl (C=O) groups excluding carboxylic acids is 1. The number of halogens is 1. The van der Waals surface area contributed by atoms with Crippen LogP contribution in [0.5, 0.6) is 5.75 Å². The Morgan fingerprint density at radius 3 is 2.91 bits per heavy atom. The minimum Gasteiger partial charge on any atom is -0.494 e. The third-order valence-corrected chi connectivity index (χ3v) is 6.72. The van der Waals surface area contributed by atoms with Gasteiger partial charge in [-0.1, -0.05) is 23.7 Å². The Bertz CT molecular complexity index is 1130. The summed E-state index contributed by atoms with van der Waals surface area (Å²) < 4.78 is 13.9. The lowest BCUT2D eigenvalue weighted by molar-refractivity contribution is -0.114. The van der Waals surface area contributed by atoms with E-state index in [1.165, 1.54) is 6.08 Å². The molecule has 2 aliphatic rings. The summed E-state index contributed by atoms with van der Waals surface area (Å²) in [6.07, 6.45) is 9.71. The number of allylic oxidation sites excluding steroid dienone is 1. The molecule has 1 aromatic heterocycles. The predicted molar refractivity (Wildman–Crippen MR) is 129 cm³/mol. The standard InChI is InChI=1S/C24H28ClN5O3/c1-15(23(26)31)19(12-21(25)27-2)29-18-7-4-6-17(22(18)32-3)16-13-28-30(14-16)20-8-10-24(20)9-5-11-33-24/h4,6-7,12-14,20,29H,2,5,8-11H2,1,3H3,(H2,26,31)/b19-15-,21-12-/t20-,24-/m1/s1. The molecule has 0 radical (unpaired) electrons. The van der Waals surface area contributed by atoms with Crippen LogP contribution in [-0.2, 0) is 9.53 Å². The van der Waals surface area contributed by atoms with Gasteiger partial charge in [0, 0.05) is 29.5 Å². The fraction of sp³-hybridized carbons (Fsp3) is 0.375. The van der Waals surface area contributed by atoms with E-state index < -0.39 is 5.91 Å². The molecule has 1 aromatic carbocycles. The average Bonchev–Trinajstić information content (AvgIpc) is 3.48. The first-order valence-electron chi connectivity index (χ1n) is 10.9. The first-order chi connectivity index (χ1) is 15.9. The molecular weight excluding hydrogens is 442 g/mol. The number of amides is 1. The molecule has 2 aromatic rings. The summed E-state index contributed by atoms with van der Waals surface area (Å²) in [5.41, 5.74) is 8.56. The molecule has 0 unspecified atom stereocenters. The highest BCUT2D eigenvalue weighted by atomic mass is 35.5. The molecule has 174 valence electrons. The highest BCUT2D eigenvalue weighted by Crippen LogP contribution is 2.51. The number of benzene rings is 1. The van der Waals surface area contributed by atoms with Crippen LogP contribution in [0.4, 0.5) is 5.69 Å². The molecule has 2 atom stereocenters. The molecule has 1 saturated carbocycles. The molecule has 8 nitrogen and oxygen atoms in total. The number of carbonyl (C=O) groups is 1.